The van der Waals surface area contributed by atoms with Crippen molar-refractivity contribution in [2.45, 2.75) is 6.61 Å². The summed E-state index contributed by atoms with van der Waals surface area (Å²) >= 11 is 0. The van der Waals surface area contributed by atoms with Crippen molar-refractivity contribution in [2.24, 2.45) is 0 Å². The van der Waals surface area contributed by atoms with Gasteiger partial charge in [-0.15, -0.1) is 0 Å². The number of fused-ring (bicyclic) bond motifs is 1. The summed E-state index contributed by atoms with van der Waals surface area (Å²) in [5.74, 6) is 0. The van der Waals surface area contributed by atoms with Gasteiger partial charge in [0.25, 0.3) is 5.69 Å². The molecule has 0 aliphatic carbocycles. The van der Waals surface area contributed by atoms with Crippen LogP contribution < -0.4 is 0 Å². The Morgan fingerprint density at radius 3 is 2.50 bits per heavy atom. The van der Waals surface area contributed by atoms with Gasteiger partial charge < -0.3 is 4.74 Å². The van der Waals surface area contributed by atoms with Gasteiger partial charge in [-0.2, -0.15) is 0 Å². The van der Waals surface area contributed by atoms with E-state index in [9.17, 15) is 14.9 Å². The normalized spacial score (nSPS) is 10.5. The average molecular weight is 296 g/mol. The van der Waals surface area contributed by atoms with Crippen molar-refractivity contribution in [3.63, 3.8) is 0 Å². The van der Waals surface area contributed by atoms with E-state index < -0.39 is 11.0 Å². The number of aromatic nitrogens is 1. The van der Waals surface area contributed by atoms with Crippen molar-refractivity contribution in [3.05, 3.63) is 76.5 Å². The van der Waals surface area contributed by atoms with Gasteiger partial charge in [0.2, 0.25) is 0 Å². The van der Waals surface area contributed by atoms with Crippen LogP contribution in [0.5, 0.6) is 0 Å². The van der Waals surface area contributed by atoms with E-state index in [4.69, 9.17) is 4.74 Å². The van der Waals surface area contributed by atoms with E-state index in [2.05, 4.69) is 0 Å². The molecule has 0 atom stereocenters. The van der Waals surface area contributed by atoms with Crippen LogP contribution in [0.15, 0.2) is 60.8 Å². The van der Waals surface area contributed by atoms with E-state index in [0.717, 1.165) is 10.1 Å². The summed E-state index contributed by atoms with van der Waals surface area (Å²) < 4.78 is 6.38. The highest BCUT2D eigenvalue weighted by Crippen LogP contribution is 2.27. The van der Waals surface area contributed by atoms with Crippen molar-refractivity contribution in [2.75, 3.05) is 0 Å². The Hall–Kier alpha value is -3.15. The van der Waals surface area contributed by atoms with Crippen molar-refractivity contribution in [1.82, 2.24) is 4.57 Å². The minimum Gasteiger partial charge on any atom is -0.444 e. The molecule has 1 heterocycles. The van der Waals surface area contributed by atoms with Crippen molar-refractivity contribution < 1.29 is 14.5 Å². The lowest BCUT2D eigenvalue weighted by molar-refractivity contribution is -0.383. The Kier molecular flexibility index (Phi) is 3.57. The molecule has 0 aliphatic rings. The Labute approximate surface area is 125 Å². The first kappa shape index (κ1) is 13.8. The first-order valence-electron chi connectivity index (χ1n) is 6.62. The molecule has 0 radical (unpaired) electrons. The van der Waals surface area contributed by atoms with Crippen LogP contribution in [0.2, 0.25) is 0 Å². The average Bonchev–Trinajstić information content (AvgIpc) is 2.93. The summed E-state index contributed by atoms with van der Waals surface area (Å²) in [7, 11) is 0. The predicted molar refractivity (Wildman–Crippen MR) is 80.6 cm³/mol. The third-order valence-corrected chi connectivity index (χ3v) is 3.29. The molecule has 1 aromatic heterocycles. The highest BCUT2D eigenvalue weighted by molar-refractivity contribution is 5.95. The second kappa shape index (κ2) is 5.69. The lowest BCUT2D eigenvalue weighted by atomic mass is 10.2. The van der Waals surface area contributed by atoms with Crippen LogP contribution in [0.25, 0.3) is 10.9 Å². The van der Waals surface area contributed by atoms with Gasteiger partial charge in [0.05, 0.1) is 22.0 Å². The molecule has 110 valence electrons. The van der Waals surface area contributed by atoms with Crippen molar-refractivity contribution in [3.8, 4) is 0 Å². The monoisotopic (exact) mass is 296 g/mol. The Bertz CT molecular complexity index is 840. The molecule has 22 heavy (non-hydrogen) atoms. The summed E-state index contributed by atoms with van der Waals surface area (Å²) in [5.41, 5.74) is 1.18. The molecule has 0 spiro atoms. The topological polar surface area (TPSA) is 74.4 Å². The molecule has 3 rings (SSSR count). The minimum atomic E-state index is -0.645. The standard InChI is InChI=1S/C16H12N2O4/c19-16(22-11-12-6-2-1-3-7-12)17-10-15(18(20)21)13-8-4-5-9-14(13)17/h1-10H,11H2. The third kappa shape index (κ3) is 2.54. The lowest BCUT2D eigenvalue weighted by Gasteiger charge is -2.06. The number of carbonyl (C=O) groups is 1. The lowest BCUT2D eigenvalue weighted by Crippen LogP contribution is -2.12. The van der Waals surface area contributed by atoms with Crippen molar-refractivity contribution in [1.29, 1.82) is 0 Å². The fourth-order valence-electron chi connectivity index (χ4n) is 2.25. The predicted octanol–water partition coefficient (Wildman–Crippen LogP) is 3.73. The maximum atomic E-state index is 12.2. The molecule has 0 saturated heterocycles. The molecule has 0 fully saturated rings. The maximum absolute atomic E-state index is 12.2. The van der Waals surface area contributed by atoms with E-state index in [-0.39, 0.29) is 12.3 Å². The fraction of sp³-hybridized carbons (Fsp3) is 0.0625. The SMILES string of the molecule is O=C(OCc1ccccc1)n1cc([N+](=O)[O-])c2ccccc21. The molecular formula is C16H12N2O4. The quantitative estimate of drug-likeness (QED) is 0.545. The number of nitrogens with zero attached hydrogens (tertiary/aromatic N) is 2. The van der Waals surface area contributed by atoms with Gasteiger partial charge >= 0.3 is 6.09 Å². The van der Waals surface area contributed by atoms with Gasteiger partial charge in [0.1, 0.15) is 6.61 Å². The van der Waals surface area contributed by atoms with Crippen LogP contribution in [-0.2, 0) is 11.3 Å². The second-order valence-electron chi connectivity index (χ2n) is 4.70. The van der Waals surface area contributed by atoms with Gasteiger partial charge in [-0.25, -0.2) is 9.36 Å². The zero-order chi connectivity index (χ0) is 15.5. The van der Waals surface area contributed by atoms with Crippen LogP contribution in [0.3, 0.4) is 0 Å². The molecule has 0 amide bonds. The Morgan fingerprint density at radius 1 is 1.09 bits per heavy atom. The molecule has 3 aromatic rings. The Morgan fingerprint density at radius 2 is 1.77 bits per heavy atom. The number of hydrogen-bond donors (Lipinski definition) is 0. The highest BCUT2D eigenvalue weighted by atomic mass is 16.6. The van der Waals surface area contributed by atoms with Gasteiger partial charge in [-0.1, -0.05) is 42.5 Å². The first-order chi connectivity index (χ1) is 10.7. The van der Waals surface area contributed by atoms with Crippen LogP contribution in [-0.4, -0.2) is 15.6 Å². The van der Waals surface area contributed by atoms with Crippen LogP contribution >= 0.6 is 0 Å². The molecule has 0 unspecified atom stereocenters. The number of carbonyl (C=O) groups excluding carboxylic acids is 1. The van der Waals surface area contributed by atoms with Crippen LogP contribution in [0, 0.1) is 10.1 Å². The van der Waals surface area contributed by atoms with E-state index in [1.54, 1.807) is 24.3 Å². The summed E-state index contributed by atoms with van der Waals surface area (Å²) in [6, 6.07) is 15.9. The number of benzene rings is 2. The molecule has 0 bridgehead atoms. The first-order valence-corrected chi connectivity index (χ1v) is 6.62. The fourth-order valence-corrected chi connectivity index (χ4v) is 2.25. The summed E-state index contributed by atoms with van der Waals surface area (Å²) in [6.07, 6.45) is 0.547. The molecular weight excluding hydrogens is 284 g/mol. The van der Waals surface area contributed by atoms with Gasteiger partial charge in [0, 0.05) is 0 Å². The number of rotatable bonds is 3. The van der Waals surface area contributed by atoms with Gasteiger partial charge in [0.15, 0.2) is 0 Å². The molecule has 6 heteroatoms. The maximum Gasteiger partial charge on any atom is 0.419 e. The molecule has 2 aromatic carbocycles. The van der Waals surface area contributed by atoms with E-state index in [1.165, 1.54) is 6.20 Å². The molecule has 0 saturated carbocycles. The minimum absolute atomic E-state index is 0.111. The smallest absolute Gasteiger partial charge is 0.419 e. The number of hydrogen-bond acceptors (Lipinski definition) is 4. The van der Waals surface area contributed by atoms with Crippen LogP contribution in [0.4, 0.5) is 10.5 Å². The third-order valence-electron chi connectivity index (χ3n) is 3.29. The van der Waals surface area contributed by atoms with E-state index >= 15 is 0 Å². The summed E-state index contributed by atoms with van der Waals surface area (Å²) in [6.45, 7) is 0.111. The molecule has 0 aliphatic heterocycles. The zero-order valence-corrected chi connectivity index (χ0v) is 11.5. The largest absolute Gasteiger partial charge is 0.444 e. The van der Waals surface area contributed by atoms with Crippen LogP contribution in [0.1, 0.15) is 5.56 Å². The van der Waals surface area contributed by atoms with E-state index in [0.29, 0.717) is 10.9 Å². The highest BCUT2D eigenvalue weighted by Gasteiger charge is 2.21. The van der Waals surface area contributed by atoms with E-state index in [1.807, 2.05) is 30.3 Å². The van der Waals surface area contributed by atoms with Gasteiger partial charge in [-0.3, -0.25) is 10.1 Å². The van der Waals surface area contributed by atoms with Gasteiger partial charge in [-0.05, 0) is 17.7 Å². The second-order valence-corrected chi connectivity index (χ2v) is 4.70. The molecule has 0 N–H and O–H groups in total. The van der Waals surface area contributed by atoms with Crippen molar-refractivity contribution >= 4 is 22.7 Å². The molecule has 6 nitrogen and oxygen atoms in total. The zero-order valence-electron chi connectivity index (χ0n) is 11.5. The Balaban J connectivity index is 1.89. The summed E-state index contributed by atoms with van der Waals surface area (Å²) in [5, 5.41) is 11.5. The number of ether oxygens (including phenoxy) is 1. The number of nitro groups is 1. The number of para-hydroxylation sites is 1. The summed E-state index contributed by atoms with van der Waals surface area (Å²) in [4.78, 5) is 22.7.